The first-order valence-corrected chi connectivity index (χ1v) is 18.1. The van der Waals surface area contributed by atoms with Crippen LogP contribution in [0.4, 0.5) is 0 Å². The molecule has 0 unspecified atom stereocenters. The monoisotopic (exact) mass is 448 g/mol. The van der Waals surface area contributed by atoms with E-state index in [-0.39, 0.29) is 0 Å². The molecule has 2 rings (SSSR count). The van der Waals surface area contributed by atoms with Crippen LogP contribution in [-0.2, 0) is 18.6 Å². The predicted octanol–water partition coefficient (Wildman–Crippen LogP) is 5.30. The van der Waals surface area contributed by atoms with Gasteiger partial charge in [-0.05, 0) is 60.5 Å². The van der Waals surface area contributed by atoms with Crippen LogP contribution in [0.1, 0.15) is 55.4 Å². The van der Waals surface area contributed by atoms with E-state index in [4.69, 9.17) is 18.6 Å². The second-order valence-electron chi connectivity index (χ2n) is 12.8. The lowest BCUT2D eigenvalue weighted by Crippen LogP contribution is -2.41. The van der Waals surface area contributed by atoms with E-state index >= 15 is 0 Å². The van der Waals surface area contributed by atoms with E-state index in [1.54, 1.807) is 0 Å². The summed E-state index contributed by atoms with van der Waals surface area (Å²) in [5.74, 6) is 3.53. The molecule has 30 heavy (non-hydrogen) atoms. The Labute approximate surface area is 188 Å². The fourth-order valence-corrected chi connectivity index (χ4v) is 5.64. The van der Waals surface area contributed by atoms with Crippen LogP contribution in [0, 0.1) is 11.5 Å². The van der Waals surface area contributed by atoms with Crippen molar-refractivity contribution >= 4 is 30.4 Å². The summed E-state index contributed by atoms with van der Waals surface area (Å²) in [6, 6.07) is 0. The molecule has 0 bridgehead atoms. The van der Waals surface area contributed by atoms with Crippen molar-refractivity contribution in [1.29, 1.82) is 0 Å². The zero-order chi connectivity index (χ0) is 23.6. The Morgan fingerprint density at radius 2 is 0.933 bits per heavy atom. The maximum Gasteiger partial charge on any atom is 0.502 e. The van der Waals surface area contributed by atoms with Gasteiger partial charge in [-0.3, -0.25) is 0 Å². The molecule has 0 saturated carbocycles. The van der Waals surface area contributed by atoms with Gasteiger partial charge in [-0.1, -0.05) is 45.2 Å². The smallest absolute Gasteiger partial charge is 0.400 e. The van der Waals surface area contributed by atoms with Crippen LogP contribution >= 0.6 is 0 Å². The molecule has 0 aliphatic carbocycles. The van der Waals surface area contributed by atoms with Gasteiger partial charge < -0.3 is 18.6 Å². The molecule has 2 aliphatic rings. The Hall–Kier alpha value is -0.296. The average Bonchev–Trinajstić information content (AvgIpc) is 2.80. The molecule has 2 saturated heterocycles. The molecule has 0 radical (unpaired) electrons. The molecular formula is C22H42B2O4Si2. The quantitative estimate of drug-likeness (QED) is 0.434. The van der Waals surface area contributed by atoms with E-state index in [1.165, 1.54) is 0 Å². The van der Waals surface area contributed by atoms with E-state index in [1.807, 2.05) is 0 Å². The topological polar surface area (TPSA) is 36.9 Å². The Bertz CT molecular complexity index is 746. The number of rotatable bonds is 3. The van der Waals surface area contributed by atoms with Crippen molar-refractivity contribution in [2.24, 2.45) is 0 Å². The summed E-state index contributed by atoms with van der Waals surface area (Å²) in [6.45, 7) is 30.4. The minimum atomic E-state index is -1.91. The van der Waals surface area contributed by atoms with Crippen LogP contribution in [-0.4, -0.2) is 52.8 Å². The van der Waals surface area contributed by atoms with Crippen LogP contribution in [0.5, 0.6) is 0 Å². The standard InChI is InChI=1S/C22H42B2O4Si2/c1-19(2)20(3,4)26-23(25-19)17(15-16-29(9,10)11)18(30(12,13)14)24-27-21(5,6)22(7,8)28-24/h1-14H3/b18-17+. The van der Waals surface area contributed by atoms with Gasteiger partial charge in [0.05, 0.1) is 30.5 Å². The van der Waals surface area contributed by atoms with Gasteiger partial charge in [-0.25, -0.2) is 0 Å². The Balaban J connectivity index is 2.71. The van der Waals surface area contributed by atoms with Crippen molar-refractivity contribution in [2.75, 3.05) is 0 Å². The first kappa shape index (κ1) is 26.0. The first-order valence-electron chi connectivity index (χ1n) is 11.1. The normalized spacial score (nSPS) is 25.7. The van der Waals surface area contributed by atoms with E-state index in [9.17, 15) is 0 Å². The van der Waals surface area contributed by atoms with Crippen LogP contribution in [0.3, 0.4) is 0 Å². The predicted molar refractivity (Wildman–Crippen MR) is 134 cm³/mol. The van der Waals surface area contributed by atoms with Gasteiger partial charge in [-0.2, -0.15) is 0 Å². The molecular weight excluding hydrogens is 406 g/mol. The van der Waals surface area contributed by atoms with Gasteiger partial charge in [0.1, 0.15) is 8.07 Å². The van der Waals surface area contributed by atoms with Crippen LogP contribution in [0.15, 0.2) is 10.6 Å². The minimum absolute atomic E-state index is 0.407. The van der Waals surface area contributed by atoms with Gasteiger partial charge in [0.15, 0.2) is 0 Å². The Morgan fingerprint density at radius 3 is 1.23 bits per heavy atom. The molecule has 0 spiro atoms. The van der Waals surface area contributed by atoms with Crippen molar-refractivity contribution in [3.63, 3.8) is 0 Å². The highest BCUT2D eigenvalue weighted by atomic mass is 28.3. The highest BCUT2D eigenvalue weighted by Crippen LogP contribution is 2.43. The molecule has 0 N–H and O–H groups in total. The summed E-state index contributed by atoms with van der Waals surface area (Å²) in [5.41, 5.74) is 2.80. The summed E-state index contributed by atoms with van der Waals surface area (Å²) in [6.07, 6.45) is 0. The summed E-state index contributed by atoms with van der Waals surface area (Å²) in [5, 5.41) is 1.14. The van der Waals surface area contributed by atoms with Gasteiger partial charge in [0, 0.05) is 5.47 Å². The third-order valence-corrected chi connectivity index (χ3v) is 9.64. The van der Waals surface area contributed by atoms with Crippen molar-refractivity contribution < 1.29 is 18.6 Å². The summed E-state index contributed by atoms with van der Waals surface area (Å²) in [4.78, 5) is 0. The van der Waals surface area contributed by atoms with Crippen molar-refractivity contribution in [3.8, 4) is 11.5 Å². The van der Waals surface area contributed by atoms with Crippen molar-refractivity contribution in [1.82, 2.24) is 0 Å². The van der Waals surface area contributed by atoms with Crippen molar-refractivity contribution in [2.45, 2.75) is 117 Å². The summed E-state index contributed by atoms with van der Waals surface area (Å²) in [7, 11) is -4.48. The summed E-state index contributed by atoms with van der Waals surface area (Å²) >= 11 is 0. The molecule has 0 aromatic carbocycles. The molecule has 8 heteroatoms. The highest BCUT2D eigenvalue weighted by molar-refractivity contribution is 6.96. The van der Waals surface area contributed by atoms with Crippen LogP contribution in [0.2, 0.25) is 39.3 Å². The molecule has 2 aliphatic heterocycles. The maximum atomic E-state index is 6.52. The van der Waals surface area contributed by atoms with Gasteiger partial charge in [0.25, 0.3) is 0 Å². The first-order chi connectivity index (χ1) is 13.1. The number of hydrogen-bond acceptors (Lipinski definition) is 4. The Kier molecular flexibility index (Phi) is 6.61. The van der Waals surface area contributed by atoms with Gasteiger partial charge >= 0.3 is 14.2 Å². The molecule has 4 nitrogen and oxygen atoms in total. The van der Waals surface area contributed by atoms with E-state index in [2.05, 4.69) is 106 Å². The summed E-state index contributed by atoms with van der Waals surface area (Å²) < 4.78 is 26.0. The highest BCUT2D eigenvalue weighted by Gasteiger charge is 2.58. The van der Waals surface area contributed by atoms with E-state index in [0.717, 1.165) is 10.6 Å². The fraction of sp³-hybridized carbons (Fsp3) is 0.818. The third-order valence-electron chi connectivity index (χ3n) is 6.65. The lowest BCUT2D eigenvalue weighted by Gasteiger charge is -2.32. The molecule has 2 fully saturated rings. The lowest BCUT2D eigenvalue weighted by molar-refractivity contribution is 0.00578. The van der Waals surface area contributed by atoms with Gasteiger partial charge in [-0.15, -0.1) is 5.54 Å². The van der Waals surface area contributed by atoms with Crippen molar-refractivity contribution in [3.05, 3.63) is 10.6 Å². The SMILES string of the molecule is CC1(C)OB(/C(C#C[Si](C)(C)C)=C(\B2OC(C)(C)C(C)(C)O2)[Si](C)(C)C)OC1(C)C. The maximum absolute atomic E-state index is 6.52. The zero-order valence-electron chi connectivity index (χ0n) is 21.8. The van der Waals surface area contributed by atoms with Crippen LogP contribution in [0.25, 0.3) is 0 Å². The fourth-order valence-electron chi connectivity index (χ4n) is 3.31. The lowest BCUT2D eigenvalue weighted by atomic mass is 9.71. The molecule has 0 aromatic rings. The molecule has 0 atom stereocenters. The minimum Gasteiger partial charge on any atom is -0.400 e. The van der Waals surface area contributed by atoms with E-state index < -0.39 is 52.8 Å². The third kappa shape index (κ3) is 5.19. The second-order valence-corrected chi connectivity index (χ2v) is 22.5. The Morgan fingerprint density at radius 1 is 0.600 bits per heavy atom. The number of allylic oxidation sites excluding steroid dienone is 1. The van der Waals surface area contributed by atoms with Gasteiger partial charge in [0.2, 0.25) is 0 Å². The molecule has 0 amide bonds. The number of hydrogen-bond donors (Lipinski definition) is 0. The average molecular weight is 448 g/mol. The van der Waals surface area contributed by atoms with E-state index in [0.29, 0.717) is 0 Å². The zero-order valence-corrected chi connectivity index (χ0v) is 23.8. The largest absolute Gasteiger partial charge is 0.502 e. The second kappa shape index (κ2) is 7.64. The molecule has 168 valence electrons. The molecule has 0 aromatic heterocycles. The molecule has 2 heterocycles. The van der Waals surface area contributed by atoms with Crippen LogP contribution < -0.4 is 0 Å².